The fourth-order valence-electron chi connectivity index (χ4n) is 3.99. The van der Waals surface area contributed by atoms with Crippen LogP contribution in [0.3, 0.4) is 0 Å². The molecule has 0 aliphatic rings. The number of hydrogen-bond acceptors (Lipinski definition) is 7. The highest BCUT2D eigenvalue weighted by Crippen LogP contribution is 2.30. The average molecular weight is 508 g/mol. The number of nitrogens with zero attached hydrogens (tertiary/aromatic N) is 6. The van der Waals surface area contributed by atoms with Crippen LogP contribution in [0.2, 0.25) is 5.15 Å². The van der Waals surface area contributed by atoms with E-state index in [0.717, 1.165) is 47.3 Å². The number of nitrogens with one attached hydrogen (secondary N) is 1. The molecule has 0 unspecified atom stereocenters. The number of unbranched alkanes of at least 4 members (excludes halogenated alkanes) is 1. The van der Waals surface area contributed by atoms with Crippen LogP contribution in [0.25, 0.3) is 22.5 Å². The molecule has 0 radical (unpaired) electrons. The van der Waals surface area contributed by atoms with Crippen molar-refractivity contribution in [3.8, 4) is 22.5 Å². The lowest BCUT2D eigenvalue weighted by molar-refractivity contribution is -0.145. The summed E-state index contributed by atoms with van der Waals surface area (Å²) in [5, 5.41) is 14.8. The highest BCUT2D eigenvalue weighted by molar-refractivity contribution is 6.30. The Morgan fingerprint density at radius 2 is 1.86 bits per heavy atom. The van der Waals surface area contributed by atoms with Crippen molar-refractivity contribution < 1.29 is 9.53 Å². The first-order valence-corrected chi connectivity index (χ1v) is 12.3. The van der Waals surface area contributed by atoms with Crippen molar-refractivity contribution in [1.29, 1.82) is 0 Å². The Morgan fingerprint density at radius 1 is 1.11 bits per heavy atom. The molecule has 0 amide bonds. The molecule has 188 valence electrons. The predicted octanol–water partition coefficient (Wildman–Crippen LogP) is 4.38. The summed E-state index contributed by atoms with van der Waals surface area (Å²) in [4.78, 5) is 18.5. The van der Waals surface area contributed by atoms with E-state index in [1.165, 1.54) is 0 Å². The van der Waals surface area contributed by atoms with Crippen LogP contribution in [-0.4, -0.2) is 61.7 Å². The number of carbonyl (C=O) groups excluding carboxylic acids is 1. The number of carbonyl (C=O) groups is 1. The molecule has 2 heterocycles. The minimum Gasteiger partial charge on any atom is -0.458 e. The van der Waals surface area contributed by atoms with Gasteiger partial charge in [0.15, 0.2) is 5.15 Å². The molecule has 10 heteroatoms. The minimum absolute atomic E-state index is 0.0841. The Labute approximate surface area is 215 Å². The van der Waals surface area contributed by atoms with E-state index in [4.69, 9.17) is 16.3 Å². The molecule has 1 N–H and O–H groups in total. The van der Waals surface area contributed by atoms with E-state index in [1.807, 2.05) is 38.4 Å². The van der Waals surface area contributed by atoms with Crippen molar-refractivity contribution in [2.75, 3.05) is 20.6 Å². The number of aromatic amines is 1. The highest BCUT2D eigenvalue weighted by atomic mass is 35.5. The predicted molar refractivity (Wildman–Crippen MR) is 138 cm³/mol. The van der Waals surface area contributed by atoms with Crippen LogP contribution in [0.4, 0.5) is 0 Å². The van der Waals surface area contributed by atoms with E-state index in [9.17, 15) is 4.79 Å². The van der Waals surface area contributed by atoms with Crippen molar-refractivity contribution in [3.05, 3.63) is 70.8 Å². The molecule has 4 aromatic rings. The third-order valence-electron chi connectivity index (χ3n) is 5.79. The van der Waals surface area contributed by atoms with Gasteiger partial charge in [-0.25, -0.2) is 4.98 Å². The summed E-state index contributed by atoms with van der Waals surface area (Å²) in [6.45, 7) is 3.01. The van der Waals surface area contributed by atoms with Gasteiger partial charge in [0.25, 0.3) is 0 Å². The number of imidazole rings is 1. The molecular formula is C26H30ClN7O2. The van der Waals surface area contributed by atoms with Crippen LogP contribution in [0, 0.1) is 0 Å². The number of aryl methyl sites for hydroxylation is 1. The van der Waals surface area contributed by atoms with Crippen molar-refractivity contribution in [3.63, 3.8) is 0 Å². The standard InChI is InChI=1S/C26H30ClN7O2/c1-4-5-10-23-28-25(27)22(17-36-24(35)16-33(2)3)34(23)15-18-11-13-19(14-12-18)20-8-6-7-9-21(20)26-29-31-32-30-26/h6-9,11-14H,4-5,10,15-17H2,1-3H3,(H,29,30,31,32). The van der Waals surface area contributed by atoms with Crippen LogP contribution in [0.15, 0.2) is 48.5 Å². The summed E-state index contributed by atoms with van der Waals surface area (Å²) in [6.07, 6.45) is 2.85. The number of H-pyrrole nitrogens is 1. The maximum Gasteiger partial charge on any atom is 0.320 e. The topological polar surface area (TPSA) is 102 Å². The molecule has 0 saturated heterocycles. The highest BCUT2D eigenvalue weighted by Gasteiger charge is 2.18. The number of tetrazole rings is 1. The molecule has 0 aliphatic heterocycles. The second-order valence-electron chi connectivity index (χ2n) is 8.83. The molecule has 2 aromatic carbocycles. The van der Waals surface area contributed by atoms with Gasteiger partial charge in [0.2, 0.25) is 5.82 Å². The second-order valence-corrected chi connectivity index (χ2v) is 9.19. The van der Waals surface area contributed by atoms with Crippen molar-refractivity contribution in [2.45, 2.75) is 39.3 Å². The Morgan fingerprint density at radius 3 is 2.53 bits per heavy atom. The van der Waals surface area contributed by atoms with Crippen molar-refractivity contribution >= 4 is 17.6 Å². The van der Waals surface area contributed by atoms with Crippen LogP contribution < -0.4 is 0 Å². The maximum absolute atomic E-state index is 12.1. The van der Waals surface area contributed by atoms with E-state index in [0.29, 0.717) is 23.2 Å². The lowest BCUT2D eigenvalue weighted by atomic mass is 9.98. The van der Waals surface area contributed by atoms with Gasteiger partial charge < -0.3 is 9.30 Å². The largest absolute Gasteiger partial charge is 0.458 e. The van der Waals surface area contributed by atoms with Crippen molar-refractivity contribution in [1.82, 2.24) is 35.1 Å². The van der Waals surface area contributed by atoms with Crippen LogP contribution in [0.1, 0.15) is 36.8 Å². The number of rotatable bonds is 11. The maximum atomic E-state index is 12.1. The molecule has 0 aliphatic carbocycles. The number of aromatic nitrogens is 6. The number of hydrogen-bond donors (Lipinski definition) is 1. The smallest absolute Gasteiger partial charge is 0.320 e. The number of halogens is 1. The third kappa shape index (κ3) is 6.16. The van der Waals surface area contributed by atoms with Gasteiger partial charge in [0, 0.05) is 18.5 Å². The lowest BCUT2D eigenvalue weighted by Crippen LogP contribution is -2.24. The van der Waals surface area contributed by atoms with E-state index >= 15 is 0 Å². The molecule has 4 rings (SSSR count). The third-order valence-corrected chi connectivity index (χ3v) is 6.09. The molecule has 0 bridgehead atoms. The average Bonchev–Trinajstić information content (AvgIpc) is 3.50. The van der Waals surface area contributed by atoms with E-state index in [-0.39, 0.29) is 19.1 Å². The number of ether oxygens (including phenoxy) is 1. The summed E-state index contributed by atoms with van der Waals surface area (Å²) in [7, 11) is 3.65. The summed E-state index contributed by atoms with van der Waals surface area (Å²) < 4.78 is 7.57. The van der Waals surface area contributed by atoms with Gasteiger partial charge in [0.1, 0.15) is 12.4 Å². The Hall–Kier alpha value is -3.56. The molecule has 36 heavy (non-hydrogen) atoms. The van der Waals surface area contributed by atoms with E-state index in [2.05, 4.69) is 61.4 Å². The van der Waals surface area contributed by atoms with Crippen LogP contribution in [0.5, 0.6) is 0 Å². The molecular weight excluding hydrogens is 478 g/mol. The first-order chi connectivity index (χ1) is 17.5. The minimum atomic E-state index is -0.302. The SMILES string of the molecule is CCCCc1nc(Cl)c(COC(=O)CN(C)C)n1Cc1ccc(-c2ccccc2-c2nn[nH]n2)cc1. The Bertz CT molecular complexity index is 1280. The van der Waals surface area contributed by atoms with Crippen molar-refractivity contribution in [2.24, 2.45) is 0 Å². The lowest BCUT2D eigenvalue weighted by Gasteiger charge is -2.14. The fraction of sp³-hybridized carbons (Fsp3) is 0.346. The van der Waals surface area contributed by atoms with Gasteiger partial charge in [-0.1, -0.05) is 73.5 Å². The van der Waals surface area contributed by atoms with Gasteiger partial charge in [-0.3, -0.25) is 9.69 Å². The van der Waals surface area contributed by atoms with Crippen LogP contribution >= 0.6 is 11.6 Å². The summed E-state index contributed by atoms with van der Waals surface area (Å²) >= 11 is 6.50. The molecule has 0 saturated carbocycles. The molecule has 0 fully saturated rings. The van der Waals surface area contributed by atoms with Crippen LogP contribution in [-0.2, 0) is 29.1 Å². The zero-order valence-electron chi connectivity index (χ0n) is 20.7. The first kappa shape index (κ1) is 25.5. The Balaban J connectivity index is 1.58. The Kier molecular flexibility index (Phi) is 8.45. The zero-order valence-corrected chi connectivity index (χ0v) is 21.5. The number of benzene rings is 2. The van der Waals surface area contributed by atoms with Gasteiger partial charge in [0.05, 0.1) is 12.2 Å². The van der Waals surface area contributed by atoms with E-state index in [1.54, 1.807) is 4.90 Å². The summed E-state index contributed by atoms with van der Waals surface area (Å²) in [5.74, 6) is 1.15. The zero-order chi connectivity index (χ0) is 25.5. The van der Waals surface area contributed by atoms with E-state index < -0.39 is 0 Å². The summed E-state index contributed by atoms with van der Waals surface area (Å²) in [6, 6.07) is 16.3. The monoisotopic (exact) mass is 507 g/mol. The van der Waals surface area contributed by atoms with Gasteiger partial charge >= 0.3 is 5.97 Å². The normalized spacial score (nSPS) is 11.2. The first-order valence-electron chi connectivity index (χ1n) is 11.9. The van der Waals surface area contributed by atoms with Gasteiger partial charge in [-0.05, 0) is 42.4 Å². The molecule has 0 spiro atoms. The number of likely N-dealkylation sites (N-methyl/N-ethyl adjacent to an activating group) is 1. The fourth-order valence-corrected chi connectivity index (χ4v) is 4.24. The molecule has 2 aromatic heterocycles. The number of esters is 1. The van der Waals surface area contributed by atoms with Gasteiger partial charge in [-0.2, -0.15) is 5.21 Å². The van der Waals surface area contributed by atoms with Gasteiger partial charge in [-0.15, -0.1) is 10.2 Å². The molecule has 0 atom stereocenters. The molecule has 9 nitrogen and oxygen atoms in total. The second kappa shape index (κ2) is 11.9. The quantitative estimate of drug-likeness (QED) is 0.300. The summed E-state index contributed by atoms with van der Waals surface area (Å²) in [5.41, 5.74) is 4.77.